The van der Waals surface area contributed by atoms with Gasteiger partial charge >= 0.3 is 0 Å². The molecule has 158 valence electrons. The molecule has 30 heavy (non-hydrogen) atoms. The maximum absolute atomic E-state index is 14.0. The molecule has 2 amide bonds. The fourth-order valence-electron chi connectivity index (χ4n) is 5.04. The van der Waals surface area contributed by atoms with Gasteiger partial charge in [0.05, 0.1) is 7.11 Å². The second-order valence-electron chi connectivity index (χ2n) is 8.76. The highest BCUT2D eigenvalue weighted by molar-refractivity contribution is 6.00. The molecule has 4 rings (SSSR count). The van der Waals surface area contributed by atoms with E-state index in [0.29, 0.717) is 19.5 Å². The van der Waals surface area contributed by atoms with Crippen molar-refractivity contribution in [2.45, 2.75) is 51.2 Å². The van der Waals surface area contributed by atoms with Crippen LogP contribution in [0.2, 0.25) is 0 Å². The molecule has 2 aliphatic heterocycles. The highest BCUT2D eigenvalue weighted by Crippen LogP contribution is 2.41. The van der Waals surface area contributed by atoms with Crippen molar-refractivity contribution in [2.75, 3.05) is 13.7 Å². The number of ether oxygens (including phenoxy) is 1. The standard InChI is InChI=1S/C25H30N2O3/c1-18(2)22-23(28)27-15-7-14-25(27,16-19-8-5-4-6-9-19)24(29)26(22)17-20-10-12-21(30-3)13-11-20/h4-6,8-13,18,22H,7,14-17H2,1-3H3/t22-,25+/m0/s1. The fraction of sp³-hybridized carbons (Fsp3) is 0.440. The van der Waals surface area contributed by atoms with E-state index >= 15 is 0 Å². The first kappa shape index (κ1) is 20.5. The van der Waals surface area contributed by atoms with Crippen LogP contribution in [-0.2, 0) is 22.6 Å². The summed E-state index contributed by atoms with van der Waals surface area (Å²) in [5, 5.41) is 0. The third-order valence-corrected chi connectivity index (χ3v) is 6.49. The van der Waals surface area contributed by atoms with Crippen molar-refractivity contribution < 1.29 is 14.3 Å². The molecule has 2 saturated heterocycles. The Balaban J connectivity index is 1.71. The van der Waals surface area contributed by atoms with Crippen LogP contribution in [0.4, 0.5) is 0 Å². The predicted molar refractivity (Wildman–Crippen MR) is 116 cm³/mol. The van der Waals surface area contributed by atoms with Gasteiger partial charge in [-0.3, -0.25) is 9.59 Å². The molecule has 2 aromatic rings. The third kappa shape index (κ3) is 3.47. The number of amides is 2. The molecule has 0 radical (unpaired) electrons. The van der Waals surface area contributed by atoms with E-state index in [9.17, 15) is 9.59 Å². The Hall–Kier alpha value is -2.82. The second kappa shape index (κ2) is 8.13. The number of benzene rings is 2. The molecule has 2 heterocycles. The first-order valence-electron chi connectivity index (χ1n) is 10.8. The summed E-state index contributed by atoms with van der Waals surface area (Å²) in [7, 11) is 1.64. The van der Waals surface area contributed by atoms with E-state index in [1.54, 1.807) is 7.11 Å². The Morgan fingerprint density at radius 3 is 2.37 bits per heavy atom. The normalized spacial score (nSPS) is 23.8. The number of carbonyl (C=O) groups is 2. The van der Waals surface area contributed by atoms with E-state index in [0.717, 1.165) is 29.7 Å². The number of piperazine rings is 1. The largest absolute Gasteiger partial charge is 0.497 e. The third-order valence-electron chi connectivity index (χ3n) is 6.49. The van der Waals surface area contributed by atoms with E-state index in [4.69, 9.17) is 4.74 Å². The van der Waals surface area contributed by atoms with Crippen LogP contribution >= 0.6 is 0 Å². The first-order valence-corrected chi connectivity index (χ1v) is 10.8. The molecule has 0 bridgehead atoms. The zero-order chi connectivity index (χ0) is 21.3. The topological polar surface area (TPSA) is 49.9 Å². The minimum Gasteiger partial charge on any atom is -0.497 e. The van der Waals surface area contributed by atoms with Crippen LogP contribution in [0.5, 0.6) is 5.75 Å². The number of hydrogen-bond donors (Lipinski definition) is 0. The molecular formula is C25H30N2O3. The quantitative estimate of drug-likeness (QED) is 0.736. The van der Waals surface area contributed by atoms with Crippen molar-refractivity contribution in [3.63, 3.8) is 0 Å². The maximum atomic E-state index is 14.0. The Morgan fingerprint density at radius 2 is 1.73 bits per heavy atom. The van der Waals surface area contributed by atoms with Gasteiger partial charge in [-0.1, -0.05) is 56.3 Å². The number of rotatable bonds is 6. The van der Waals surface area contributed by atoms with Gasteiger partial charge in [-0.05, 0) is 42.0 Å². The fourth-order valence-corrected chi connectivity index (χ4v) is 5.04. The molecule has 0 N–H and O–H groups in total. The summed E-state index contributed by atoms with van der Waals surface area (Å²) in [6.07, 6.45) is 2.16. The average molecular weight is 407 g/mol. The lowest BCUT2D eigenvalue weighted by Crippen LogP contribution is -2.70. The number of methoxy groups -OCH3 is 1. The van der Waals surface area contributed by atoms with Gasteiger partial charge in [-0.25, -0.2) is 0 Å². The molecule has 0 aliphatic carbocycles. The average Bonchev–Trinajstić information content (AvgIpc) is 3.18. The van der Waals surface area contributed by atoms with E-state index in [2.05, 4.69) is 0 Å². The Bertz CT molecular complexity index is 910. The Labute approximate surface area is 178 Å². The zero-order valence-electron chi connectivity index (χ0n) is 18.0. The van der Waals surface area contributed by atoms with E-state index in [-0.39, 0.29) is 17.7 Å². The van der Waals surface area contributed by atoms with Crippen molar-refractivity contribution in [1.82, 2.24) is 9.80 Å². The minimum absolute atomic E-state index is 0.0509. The van der Waals surface area contributed by atoms with Crippen LogP contribution in [0, 0.1) is 5.92 Å². The molecule has 5 nitrogen and oxygen atoms in total. The van der Waals surface area contributed by atoms with Gasteiger partial charge in [0.2, 0.25) is 11.8 Å². The van der Waals surface area contributed by atoms with E-state index < -0.39 is 11.6 Å². The van der Waals surface area contributed by atoms with Crippen molar-refractivity contribution in [3.8, 4) is 5.75 Å². The van der Waals surface area contributed by atoms with Gasteiger partial charge in [0, 0.05) is 19.5 Å². The monoisotopic (exact) mass is 406 g/mol. The molecule has 2 aromatic carbocycles. The van der Waals surface area contributed by atoms with Gasteiger partial charge in [0.1, 0.15) is 17.3 Å². The molecule has 2 atom stereocenters. The SMILES string of the molecule is COc1ccc(CN2C(=O)[C@]3(Cc4ccccc4)CCCN3C(=O)[C@@H]2C(C)C)cc1. The summed E-state index contributed by atoms with van der Waals surface area (Å²) in [6, 6.07) is 17.4. The lowest BCUT2D eigenvalue weighted by molar-refractivity contribution is -0.170. The van der Waals surface area contributed by atoms with E-state index in [1.807, 2.05) is 78.2 Å². The summed E-state index contributed by atoms with van der Waals surface area (Å²) in [4.78, 5) is 31.4. The highest BCUT2D eigenvalue weighted by atomic mass is 16.5. The first-order chi connectivity index (χ1) is 14.5. The predicted octanol–water partition coefficient (Wildman–Crippen LogP) is 3.67. The van der Waals surface area contributed by atoms with Crippen LogP contribution in [0.3, 0.4) is 0 Å². The molecule has 0 spiro atoms. The van der Waals surface area contributed by atoms with Crippen molar-refractivity contribution in [1.29, 1.82) is 0 Å². The summed E-state index contributed by atoms with van der Waals surface area (Å²) < 4.78 is 5.25. The summed E-state index contributed by atoms with van der Waals surface area (Å²) in [6.45, 7) is 5.15. The minimum atomic E-state index is -0.768. The highest BCUT2D eigenvalue weighted by Gasteiger charge is 2.58. The van der Waals surface area contributed by atoms with Gasteiger partial charge < -0.3 is 14.5 Å². The maximum Gasteiger partial charge on any atom is 0.249 e. The lowest BCUT2D eigenvalue weighted by Gasteiger charge is -2.50. The summed E-state index contributed by atoms with van der Waals surface area (Å²) in [5.74, 6) is 1.00. The van der Waals surface area contributed by atoms with Crippen LogP contribution in [0.15, 0.2) is 54.6 Å². The molecule has 0 aromatic heterocycles. The van der Waals surface area contributed by atoms with Crippen molar-refractivity contribution >= 4 is 11.8 Å². The number of fused-ring (bicyclic) bond motifs is 1. The smallest absolute Gasteiger partial charge is 0.249 e. The lowest BCUT2D eigenvalue weighted by atomic mass is 9.82. The van der Waals surface area contributed by atoms with Gasteiger partial charge in [0.25, 0.3) is 0 Å². The van der Waals surface area contributed by atoms with Crippen LogP contribution < -0.4 is 4.74 Å². The number of nitrogens with zero attached hydrogens (tertiary/aromatic N) is 2. The molecule has 0 unspecified atom stereocenters. The molecular weight excluding hydrogens is 376 g/mol. The number of carbonyl (C=O) groups excluding carboxylic acids is 2. The molecule has 2 aliphatic rings. The number of hydrogen-bond acceptors (Lipinski definition) is 3. The van der Waals surface area contributed by atoms with Crippen molar-refractivity contribution in [3.05, 3.63) is 65.7 Å². The molecule has 0 saturated carbocycles. The van der Waals surface area contributed by atoms with Crippen LogP contribution in [0.1, 0.15) is 37.8 Å². The summed E-state index contributed by atoms with van der Waals surface area (Å²) in [5.41, 5.74) is 1.33. The van der Waals surface area contributed by atoms with Crippen LogP contribution in [-0.4, -0.2) is 46.8 Å². The molecule has 2 fully saturated rings. The van der Waals surface area contributed by atoms with E-state index in [1.165, 1.54) is 0 Å². The Morgan fingerprint density at radius 1 is 1.03 bits per heavy atom. The summed E-state index contributed by atoms with van der Waals surface area (Å²) >= 11 is 0. The van der Waals surface area contributed by atoms with Crippen LogP contribution in [0.25, 0.3) is 0 Å². The second-order valence-corrected chi connectivity index (χ2v) is 8.76. The molecule has 5 heteroatoms. The van der Waals surface area contributed by atoms with Crippen molar-refractivity contribution in [2.24, 2.45) is 5.92 Å². The zero-order valence-corrected chi connectivity index (χ0v) is 18.0. The Kier molecular flexibility index (Phi) is 5.54. The van der Waals surface area contributed by atoms with Gasteiger partial charge in [-0.2, -0.15) is 0 Å². The van der Waals surface area contributed by atoms with Gasteiger partial charge in [-0.15, -0.1) is 0 Å². The van der Waals surface area contributed by atoms with Gasteiger partial charge in [0.15, 0.2) is 0 Å².